The maximum Gasteiger partial charge on any atom is 0.272 e. The normalized spacial score (nSPS) is 10.6. The zero-order chi connectivity index (χ0) is 14.1. The van der Waals surface area contributed by atoms with E-state index in [4.69, 9.17) is 10.2 Å². The number of carbonyl (C=O) groups excluding carboxylic acids is 2. The molecule has 0 aliphatic heterocycles. The van der Waals surface area contributed by atoms with E-state index >= 15 is 0 Å². The summed E-state index contributed by atoms with van der Waals surface area (Å²) in [6, 6.07) is 9.71. The lowest BCUT2D eigenvalue weighted by Crippen LogP contribution is -2.13. The summed E-state index contributed by atoms with van der Waals surface area (Å²) in [6.07, 6.45) is 1.55. The Balaban J connectivity index is 1.78. The van der Waals surface area contributed by atoms with Crippen molar-refractivity contribution < 1.29 is 14.0 Å². The number of furan rings is 1. The van der Waals surface area contributed by atoms with E-state index in [1.165, 1.54) is 0 Å². The number of anilines is 1. The fourth-order valence-corrected chi connectivity index (χ4v) is 1.89. The molecule has 0 saturated carbocycles. The Morgan fingerprint density at radius 3 is 2.55 bits per heavy atom. The minimum absolute atomic E-state index is 0.289. The molecule has 0 saturated heterocycles. The van der Waals surface area contributed by atoms with Crippen molar-refractivity contribution in [3.63, 3.8) is 0 Å². The van der Waals surface area contributed by atoms with Crippen molar-refractivity contribution in [2.24, 2.45) is 5.73 Å². The first kappa shape index (κ1) is 12.0. The number of primary amides is 1. The van der Waals surface area contributed by atoms with Crippen LogP contribution in [0.25, 0.3) is 11.1 Å². The number of aromatic nitrogens is 1. The first-order chi connectivity index (χ1) is 9.63. The summed E-state index contributed by atoms with van der Waals surface area (Å²) in [6.45, 7) is 0. The highest BCUT2D eigenvalue weighted by atomic mass is 16.3. The summed E-state index contributed by atoms with van der Waals surface area (Å²) in [5.41, 5.74) is 7.90. The minimum atomic E-state index is -0.507. The Hall–Kier alpha value is -3.02. The van der Waals surface area contributed by atoms with E-state index in [1.54, 1.807) is 42.7 Å². The highest BCUT2D eigenvalue weighted by molar-refractivity contribution is 6.05. The van der Waals surface area contributed by atoms with Crippen LogP contribution in [0.15, 0.2) is 47.1 Å². The first-order valence-electron chi connectivity index (χ1n) is 5.91. The number of amides is 2. The van der Waals surface area contributed by atoms with Crippen molar-refractivity contribution in [2.45, 2.75) is 0 Å². The number of hydrogen-bond acceptors (Lipinski definition) is 3. The molecule has 0 atom stereocenters. The Labute approximate surface area is 113 Å². The summed E-state index contributed by atoms with van der Waals surface area (Å²) < 4.78 is 5.18. The molecule has 0 radical (unpaired) electrons. The van der Waals surface area contributed by atoms with Gasteiger partial charge in [-0.1, -0.05) is 0 Å². The molecule has 2 heterocycles. The molecule has 1 aromatic carbocycles. The van der Waals surface area contributed by atoms with Gasteiger partial charge >= 0.3 is 0 Å². The summed E-state index contributed by atoms with van der Waals surface area (Å²) in [5, 5.41) is 2.71. The molecule has 0 bridgehead atoms. The fourth-order valence-electron chi connectivity index (χ4n) is 1.89. The third-order valence-corrected chi connectivity index (χ3v) is 2.91. The Kier molecular flexibility index (Phi) is 2.76. The summed E-state index contributed by atoms with van der Waals surface area (Å²) >= 11 is 0. The molecule has 0 aliphatic rings. The van der Waals surface area contributed by atoms with Crippen molar-refractivity contribution in [2.75, 3.05) is 5.32 Å². The second-order valence-electron chi connectivity index (χ2n) is 4.28. The lowest BCUT2D eigenvalue weighted by atomic mass is 10.2. The SMILES string of the molecule is NC(=O)c1ccc(NC(=O)c2cc3occc3[nH]2)cc1. The molecule has 20 heavy (non-hydrogen) atoms. The van der Waals surface area contributed by atoms with Gasteiger partial charge in [0.2, 0.25) is 5.91 Å². The van der Waals surface area contributed by atoms with Gasteiger partial charge in [-0.25, -0.2) is 0 Å². The molecule has 6 heteroatoms. The average molecular weight is 269 g/mol. The Bertz CT molecular complexity index is 755. The van der Waals surface area contributed by atoms with Crippen molar-refractivity contribution in [1.29, 1.82) is 0 Å². The largest absolute Gasteiger partial charge is 0.463 e. The number of nitrogens with one attached hydrogen (secondary N) is 2. The third kappa shape index (κ3) is 2.14. The fraction of sp³-hybridized carbons (Fsp3) is 0. The number of benzene rings is 1. The number of fused-ring (bicyclic) bond motifs is 1. The molecule has 2 amide bonds. The van der Waals surface area contributed by atoms with Crippen LogP contribution in [-0.4, -0.2) is 16.8 Å². The van der Waals surface area contributed by atoms with Gasteiger partial charge in [0.1, 0.15) is 5.69 Å². The highest BCUT2D eigenvalue weighted by Gasteiger charge is 2.11. The summed E-state index contributed by atoms with van der Waals surface area (Å²) in [5.74, 6) is -0.796. The lowest BCUT2D eigenvalue weighted by molar-refractivity contribution is 0.0998. The molecule has 4 N–H and O–H groups in total. The summed E-state index contributed by atoms with van der Waals surface area (Å²) in [7, 11) is 0. The van der Waals surface area contributed by atoms with Gasteiger partial charge in [0.25, 0.3) is 5.91 Å². The van der Waals surface area contributed by atoms with Crippen LogP contribution < -0.4 is 11.1 Å². The minimum Gasteiger partial charge on any atom is -0.463 e. The second-order valence-corrected chi connectivity index (χ2v) is 4.28. The molecule has 0 fully saturated rings. The molecule has 0 unspecified atom stereocenters. The van der Waals surface area contributed by atoms with Gasteiger partial charge in [0, 0.05) is 23.4 Å². The van der Waals surface area contributed by atoms with E-state index in [-0.39, 0.29) is 5.91 Å². The van der Waals surface area contributed by atoms with E-state index in [1.807, 2.05) is 0 Å². The van der Waals surface area contributed by atoms with E-state index in [0.717, 1.165) is 5.52 Å². The predicted octanol–water partition coefficient (Wildman–Crippen LogP) is 2.11. The van der Waals surface area contributed by atoms with Crippen LogP contribution in [0.3, 0.4) is 0 Å². The average Bonchev–Trinajstić information content (AvgIpc) is 2.99. The monoisotopic (exact) mass is 269 g/mol. The molecule has 0 spiro atoms. The van der Waals surface area contributed by atoms with Crippen LogP contribution in [0.4, 0.5) is 5.69 Å². The zero-order valence-corrected chi connectivity index (χ0v) is 10.3. The number of carbonyl (C=O) groups is 2. The van der Waals surface area contributed by atoms with E-state index in [9.17, 15) is 9.59 Å². The number of H-pyrrole nitrogens is 1. The number of nitrogens with two attached hydrogens (primary N) is 1. The van der Waals surface area contributed by atoms with Gasteiger partial charge < -0.3 is 20.5 Å². The van der Waals surface area contributed by atoms with Crippen LogP contribution >= 0.6 is 0 Å². The number of rotatable bonds is 3. The van der Waals surface area contributed by atoms with E-state index in [0.29, 0.717) is 22.5 Å². The molecular formula is C14H11N3O3. The van der Waals surface area contributed by atoms with Gasteiger partial charge in [-0.05, 0) is 24.3 Å². The Morgan fingerprint density at radius 1 is 1.15 bits per heavy atom. The van der Waals surface area contributed by atoms with Crippen molar-refractivity contribution >= 4 is 28.6 Å². The Morgan fingerprint density at radius 2 is 1.90 bits per heavy atom. The van der Waals surface area contributed by atoms with E-state index < -0.39 is 5.91 Å². The molecule has 0 aliphatic carbocycles. The van der Waals surface area contributed by atoms with Crippen LogP contribution in [0.5, 0.6) is 0 Å². The van der Waals surface area contributed by atoms with Crippen LogP contribution in [0, 0.1) is 0 Å². The molecule has 6 nitrogen and oxygen atoms in total. The van der Waals surface area contributed by atoms with Crippen LogP contribution in [-0.2, 0) is 0 Å². The number of hydrogen-bond donors (Lipinski definition) is 3. The number of aromatic amines is 1. The predicted molar refractivity (Wildman–Crippen MR) is 73.5 cm³/mol. The first-order valence-corrected chi connectivity index (χ1v) is 5.91. The van der Waals surface area contributed by atoms with Gasteiger partial charge in [-0.3, -0.25) is 9.59 Å². The summed E-state index contributed by atoms with van der Waals surface area (Å²) in [4.78, 5) is 25.9. The van der Waals surface area contributed by atoms with Crippen molar-refractivity contribution in [1.82, 2.24) is 4.98 Å². The zero-order valence-electron chi connectivity index (χ0n) is 10.3. The topological polar surface area (TPSA) is 101 Å². The van der Waals surface area contributed by atoms with Gasteiger partial charge in [0.15, 0.2) is 5.58 Å². The van der Waals surface area contributed by atoms with Gasteiger partial charge in [0.05, 0.1) is 11.8 Å². The maximum absolute atomic E-state index is 12.0. The molecule has 100 valence electrons. The van der Waals surface area contributed by atoms with Crippen LogP contribution in [0.2, 0.25) is 0 Å². The smallest absolute Gasteiger partial charge is 0.272 e. The second kappa shape index (κ2) is 4.58. The van der Waals surface area contributed by atoms with Gasteiger partial charge in [-0.2, -0.15) is 0 Å². The quantitative estimate of drug-likeness (QED) is 0.678. The molecule has 3 rings (SSSR count). The molecule has 3 aromatic rings. The lowest BCUT2D eigenvalue weighted by Gasteiger charge is -2.04. The standard InChI is InChI=1S/C14H11N3O3/c15-13(18)8-1-3-9(4-2-8)16-14(19)11-7-12-10(17-11)5-6-20-12/h1-7,17H,(H2,15,18)(H,16,19). The van der Waals surface area contributed by atoms with E-state index in [2.05, 4.69) is 10.3 Å². The molecular weight excluding hydrogens is 258 g/mol. The van der Waals surface area contributed by atoms with Crippen molar-refractivity contribution in [3.8, 4) is 0 Å². The van der Waals surface area contributed by atoms with Crippen LogP contribution in [0.1, 0.15) is 20.8 Å². The maximum atomic E-state index is 12.0. The molecule has 2 aromatic heterocycles. The third-order valence-electron chi connectivity index (χ3n) is 2.91. The highest BCUT2D eigenvalue weighted by Crippen LogP contribution is 2.17. The van der Waals surface area contributed by atoms with Gasteiger partial charge in [-0.15, -0.1) is 0 Å². The van der Waals surface area contributed by atoms with Crippen molar-refractivity contribution in [3.05, 3.63) is 53.9 Å².